The van der Waals surface area contributed by atoms with E-state index in [1.165, 1.54) is 10.9 Å². The van der Waals surface area contributed by atoms with E-state index in [-0.39, 0.29) is 6.61 Å². The third-order valence-corrected chi connectivity index (χ3v) is 4.08. The highest BCUT2D eigenvalue weighted by Gasteiger charge is 2.24. The van der Waals surface area contributed by atoms with Crippen molar-refractivity contribution in [3.8, 4) is 0 Å². The first-order valence-electron chi connectivity index (χ1n) is 7.19. The number of hydrogen-bond acceptors (Lipinski definition) is 2. The summed E-state index contributed by atoms with van der Waals surface area (Å²) in [5.41, 5.74) is 3.01. The van der Waals surface area contributed by atoms with Crippen LogP contribution in [0.1, 0.15) is 18.1 Å². The van der Waals surface area contributed by atoms with E-state index in [2.05, 4.69) is 34.6 Å². The Bertz CT molecular complexity index is 720. The Kier molecular flexibility index (Phi) is 3.78. The summed E-state index contributed by atoms with van der Waals surface area (Å²) in [6, 6.07) is 18.4. The Hall–Kier alpha value is -2.10. The normalized spacial score (nSPS) is 14.2. The Morgan fingerprint density at radius 1 is 1.05 bits per heavy atom. The summed E-state index contributed by atoms with van der Waals surface area (Å²) in [6.45, 7) is 2.79. The summed E-state index contributed by atoms with van der Waals surface area (Å²) in [7, 11) is 0. The van der Waals surface area contributed by atoms with Crippen LogP contribution < -0.4 is 5.32 Å². The number of rotatable bonds is 5. The monoisotopic (exact) mass is 280 g/mol. The van der Waals surface area contributed by atoms with Crippen molar-refractivity contribution < 1.29 is 5.11 Å². The van der Waals surface area contributed by atoms with Gasteiger partial charge in [-0.25, -0.2) is 0 Å². The average molecular weight is 280 g/mol. The summed E-state index contributed by atoms with van der Waals surface area (Å²) >= 11 is 0. The average Bonchev–Trinajstić information content (AvgIpc) is 3.02. The van der Waals surface area contributed by atoms with Crippen molar-refractivity contribution in [3.05, 3.63) is 71.9 Å². The van der Waals surface area contributed by atoms with Crippen LogP contribution in [-0.2, 0) is 12.1 Å². The lowest BCUT2D eigenvalue weighted by molar-refractivity contribution is 0.173. The van der Waals surface area contributed by atoms with Gasteiger partial charge in [0.15, 0.2) is 0 Å². The molecule has 3 aromatic rings. The molecule has 0 fully saturated rings. The van der Waals surface area contributed by atoms with E-state index >= 15 is 0 Å². The molecule has 3 rings (SSSR count). The van der Waals surface area contributed by atoms with Crippen LogP contribution in [0.5, 0.6) is 0 Å². The molecule has 0 bridgehead atoms. The van der Waals surface area contributed by atoms with Crippen molar-refractivity contribution in [2.45, 2.75) is 19.0 Å². The van der Waals surface area contributed by atoms with E-state index in [1.54, 1.807) is 0 Å². The summed E-state index contributed by atoms with van der Waals surface area (Å²) in [4.78, 5) is 3.23. The molecule has 0 aliphatic carbocycles. The smallest absolute Gasteiger partial charge is 0.0652 e. The number of H-pyrrole nitrogens is 1. The minimum atomic E-state index is -0.445. The van der Waals surface area contributed by atoms with Crippen LogP contribution in [0.3, 0.4) is 0 Å². The molecule has 2 aromatic carbocycles. The lowest BCUT2D eigenvalue weighted by Crippen LogP contribution is -2.42. The van der Waals surface area contributed by atoms with Gasteiger partial charge >= 0.3 is 0 Å². The predicted molar refractivity (Wildman–Crippen MR) is 86.0 cm³/mol. The van der Waals surface area contributed by atoms with Gasteiger partial charge in [0.05, 0.1) is 12.1 Å². The zero-order valence-electron chi connectivity index (χ0n) is 12.1. The van der Waals surface area contributed by atoms with Crippen molar-refractivity contribution in [1.82, 2.24) is 10.3 Å². The van der Waals surface area contributed by atoms with Gasteiger partial charge in [0.2, 0.25) is 0 Å². The van der Waals surface area contributed by atoms with Crippen molar-refractivity contribution in [3.63, 3.8) is 0 Å². The molecule has 0 amide bonds. The second-order valence-corrected chi connectivity index (χ2v) is 5.57. The molecule has 0 spiro atoms. The molecule has 0 saturated carbocycles. The van der Waals surface area contributed by atoms with Crippen LogP contribution in [0.15, 0.2) is 60.8 Å². The minimum absolute atomic E-state index is 0.0557. The number of benzene rings is 2. The van der Waals surface area contributed by atoms with Gasteiger partial charge in [0, 0.05) is 23.6 Å². The SMILES string of the molecule is CC(CO)(NCc1cccc2[nH]ccc12)c1ccccc1. The Morgan fingerprint density at radius 3 is 2.62 bits per heavy atom. The van der Waals surface area contributed by atoms with Gasteiger partial charge in [-0.15, -0.1) is 0 Å². The maximum Gasteiger partial charge on any atom is 0.0652 e. The number of aromatic nitrogens is 1. The third kappa shape index (κ3) is 2.71. The standard InChI is InChI=1S/C18H20N2O/c1-18(13-21,15-7-3-2-4-8-15)20-12-14-6-5-9-17-16(14)10-11-19-17/h2-11,19-21H,12-13H2,1H3. The molecule has 108 valence electrons. The highest BCUT2D eigenvalue weighted by atomic mass is 16.3. The predicted octanol–water partition coefficient (Wildman–Crippen LogP) is 3.17. The summed E-state index contributed by atoms with van der Waals surface area (Å²) < 4.78 is 0. The molecule has 0 radical (unpaired) electrons. The van der Waals surface area contributed by atoms with Crippen molar-refractivity contribution in [2.75, 3.05) is 6.61 Å². The summed E-state index contributed by atoms with van der Waals surface area (Å²) in [5, 5.41) is 14.5. The molecule has 3 heteroatoms. The van der Waals surface area contributed by atoms with E-state index < -0.39 is 5.54 Å². The van der Waals surface area contributed by atoms with E-state index in [0.717, 1.165) is 11.1 Å². The minimum Gasteiger partial charge on any atom is -0.394 e. The van der Waals surface area contributed by atoms with E-state index in [1.807, 2.05) is 43.5 Å². The Labute approximate surface area is 124 Å². The van der Waals surface area contributed by atoms with Crippen molar-refractivity contribution in [1.29, 1.82) is 0 Å². The molecule has 1 atom stereocenters. The molecular formula is C18H20N2O. The number of nitrogens with one attached hydrogen (secondary N) is 2. The van der Waals surface area contributed by atoms with Crippen LogP contribution in [0.4, 0.5) is 0 Å². The molecule has 21 heavy (non-hydrogen) atoms. The summed E-state index contributed by atoms with van der Waals surface area (Å²) in [6.07, 6.45) is 1.95. The van der Waals surface area contributed by atoms with E-state index in [0.29, 0.717) is 6.54 Å². The van der Waals surface area contributed by atoms with Crippen molar-refractivity contribution >= 4 is 10.9 Å². The molecule has 0 aliphatic rings. The molecule has 1 heterocycles. The summed E-state index contributed by atoms with van der Waals surface area (Å²) in [5.74, 6) is 0. The van der Waals surface area contributed by atoms with Crippen molar-refractivity contribution in [2.24, 2.45) is 0 Å². The second-order valence-electron chi connectivity index (χ2n) is 5.57. The maximum absolute atomic E-state index is 9.82. The van der Waals surface area contributed by atoms with E-state index in [9.17, 15) is 5.11 Å². The van der Waals surface area contributed by atoms with Crippen LogP contribution in [0, 0.1) is 0 Å². The zero-order chi connectivity index (χ0) is 14.7. The quantitative estimate of drug-likeness (QED) is 0.672. The first-order valence-corrected chi connectivity index (χ1v) is 7.19. The topological polar surface area (TPSA) is 48.0 Å². The molecule has 3 nitrogen and oxygen atoms in total. The van der Waals surface area contributed by atoms with Gasteiger partial charge in [-0.1, -0.05) is 42.5 Å². The first kappa shape index (κ1) is 13.9. The molecule has 1 aromatic heterocycles. The zero-order valence-corrected chi connectivity index (χ0v) is 12.1. The number of aromatic amines is 1. The molecule has 0 saturated heterocycles. The Morgan fingerprint density at radius 2 is 1.86 bits per heavy atom. The van der Waals surface area contributed by atoms with Gasteiger partial charge in [-0.05, 0) is 30.2 Å². The fraction of sp³-hybridized carbons (Fsp3) is 0.222. The molecule has 0 aliphatic heterocycles. The maximum atomic E-state index is 9.82. The number of hydrogen-bond donors (Lipinski definition) is 3. The molecular weight excluding hydrogens is 260 g/mol. The Balaban J connectivity index is 1.84. The lowest BCUT2D eigenvalue weighted by atomic mass is 9.92. The van der Waals surface area contributed by atoms with Gasteiger partial charge in [-0.3, -0.25) is 0 Å². The largest absolute Gasteiger partial charge is 0.394 e. The van der Waals surface area contributed by atoms with Crippen LogP contribution in [0.2, 0.25) is 0 Å². The van der Waals surface area contributed by atoms with Gasteiger partial charge in [0.1, 0.15) is 0 Å². The molecule has 3 N–H and O–H groups in total. The number of aliphatic hydroxyl groups is 1. The van der Waals surface area contributed by atoms with Gasteiger partial charge in [-0.2, -0.15) is 0 Å². The second kappa shape index (κ2) is 5.72. The fourth-order valence-electron chi connectivity index (χ4n) is 2.65. The highest BCUT2D eigenvalue weighted by molar-refractivity contribution is 5.82. The van der Waals surface area contributed by atoms with Crippen LogP contribution in [0.25, 0.3) is 10.9 Å². The number of fused-ring (bicyclic) bond motifs is 1. The van der Waals surface area contributed by atoms with Gasteiger partial charge < -0.3 is 15.4 Å². The van der Waals surface area contributed by atoms with Crippen LogP contribution in [-0.4, -0.2) is 16.7 Å². The molecule has 1 unspecified atom stereocenters. The van der Waals surface area contributed by atoms with E-state index in [4.69, 9.17) is 0 Å². The fourth-order valence-corrected chi connectivity index (χ4v) is 2.65. The highest BCUT2D eigenvalue weighted by Crippen LogP contribution is 2.22. The van der Waals surface area contributed by atoms with Crippen LogP contribution >= 0.6 is 0 Å². The first-order chi connectivity index (χ1) is 10.2. The number of aliphatic hydroxyl groups excluding tert-OH is 1. The van der Waals surface area contributed by atoms with Gasteiger partial charge in [0.25, 0.3) is 0 Å². The third-order valence-electron chi connectivity index (χ3n) is 4.08. The lowest BCUT2D eigenvalue weighted by Gasteiger charge is -2.29.